The summed E-state index contributed by atoms with van der Waals surface area (Å²) in [7, 11) is 0. The lowest BCUT2D eigenvalue weighted by Crippen LogP contribution is -2.49. The minimum atomic E-state index is -0.367. The van der Waals surface area contributed by atoms with Gasteiger partial charge in [0.05, 0.1) is 0 Å². The highest BCUT2D eigenvalue weighted by molar-refractivity contribution is 5.90. The van der Waals surface area contributed by atoms with Crippen molar-refractivity contribution in [3.8, 4) is 0 Å². The Morgan fingerprint density at radius 3 is 2.56 bits per heavy atom. The van der Waals surface area contributed by atoms with Crippen LogP contribution >= 0.6 is 0 Å². The molecule has 1 amide bonds. The molecule has 90 valence electrons. The molecule has 0 aliphatic carbocycles. The van der Waals surface area contributed by atoms with Gasteiger partial charge in [-0.05, 0) is 12.8 Å². The van der Waals surface area contributed by atoms with Crippen molar-refractivity contribution in [2.45, 2.75) is 39.2 Å². The summed E-state index contributed by atoms with van der Waals surface area (Å²) in [6.07, 6.45) is 1.60. The van der Waals surface area contributed by atoms with E-state index in [1.807, 2.05) is 13.8 Å². The Hall–Kier alpha value is -1.43. The van der Waals surface area contributed by atoms with Gasteiger partial charge in [0, 0.05) is 19.0 Å². The molecule has 0 unspecified atom stereocenters. The van der Waals surface area contributed by atoms with E-state index in [-0.39, 0.29) is 17.3 Å². The molecule has 0 aliphatic rings. The zero-order chi connectivity index (χ0) is 12.2. The Kier molecular flexibility index (Phi) is 4.00. The van der Waals surface area contributed by atoms with Gasteiger partial charge in [0.2, 0.25) is 5.89 Å². The van der Waals surface area contributed by atoms with Crippen molar-refractivity contribution in [3.05, 3.63) is 11.7 Å². The van der Waals surface area contributed by atoms with Crippen LogP contribution in [0.4, 0.5) is 0 Å². The number of rotatable bonds is 5. The van der Waals surface area contributed by atoms with Crippen LogP contribution in [0.1, 0.15) is 43.2 Å². The molecule has 16 heavy (non-hydrogen) atoms. The van der Waals surface area contributed by atoms with Gasteiger partial charge >= 0.3 is 0 Å². The summed E-state index contributed by atoms with van der Waals surface area (Å²) < 4.78 is 4.72. The average molecular weight is 226 g/mol. The standard InChI is InChI=1S/C10H18N4O2/c1-4-10(11,5-2)6-12-9(15)8-13-7(3)16-14-8/h4-6,11H2,1-3H3,(H,12,15). The second kappa shape index (κ2) is 5.07. The van der Waals surface area contributed by atoms with Crippen LogP contribution in [0.3, 0.4) is 0 Å². The molecule has 3 N–H and O–H groups in total. The van der Waals surface area contributed by atoms with Crippen molar-refractivity contribution in [2.24, 2.45) is 5.73 Å². The quantitative estimate of drug-likeness (QED) is 0.767. The molecule has 1 aromatic heterocycles. The van der Waals surface area contributed by atoms with Gasteiger partial charge in [0.15, 0.2) is 0 Å². The number of nitrogens with one attached hydrogen (secondary N) is 1. The molecule has 1 rings (SSSR count). The summed E-state index contributed by atoms with van der Waals surface area (Å²) in [5.74, 6) is 0.0655. The Morgan fingerprint density at radius 2 is 2.12 bits per heavy atom. The second-order valence-corrected chi connectivity index (χ2v) is 3.89. The van der Waals surface area contributed by atoms with Crippen molar-refractivity contribution < 1.29 is 9.32 Å². The molecule has 0 aromatic carbocycles. The Labute approximate surface area is 94.6 Å². The van der Waals surface area contributed by atoms with Crippen molar-refractivity contribution >= 4 is 5.91 Å². The molecular weight excluding hydrogens is 208 g/mol. The van der Waals surface area contributed by atoms with E-state index in [1.54, 1.807) is 6.92 Å². The zero-order valence-corrected chi connectivity index (χ0v) is 9.91. The van der Waals surface area contributed by atoms with Crippen molar-refractivity contribution in [1.82, 2.24) is 15.5 Å². The van der Waals surface area contributed by atoms with Gasteiger partial charge in [0.1, 0.15) is 0 Å². The van der Waals surface area contributed by atoms with Gasteiger partial charge in [-0.1, -0.05) is 19.0 Å². The van der Waals surface area contributed by atoms with Crippen LogP contribution in [-0.4, -0.2) is 28.1 Å². The molecule has 0 radical (unpaired) electrons. The van der Waals surface area contributed by atoms with E-state index in [9.17, 15) is 4.79 Å². The zero-order valence-electron chi connectivity index (χ0n) is 9.91. The van der Waals surface area contributed by atoms with Crippen LogP contribution in [0.15, 0.2) is 4.52 Å². The maximum atomic E-state index is 11.6. The predicted molar refractivity (Wildman–Crippen MR) is 58.9 cm³/mol. The number of carbonyl (C=O) groups is 1. The highest BCUT2D eigenvalue weighted by Crippen LogP contribution is 2.09. The van der Waals surface area contributed by atoms with Gasteiger partial charge < -0.3 is 15.6 Å². The Bertz CT molecular complexity index is 357. The maximum absolute atomic E-state index is 11.6. The minimum absolute atomic E-state index is 0.0482. The van der Waals surface area contributed by atoms with Crippen molar-refractivity contribution in [1.29, 1.82) is 0 Å². The maximum Gasteiger partial charge on any atom is 0.292 e. The lowest BCUT2D eigenvalue weighted by molar-refractivity contribution is 0.0928. The van der Waals surface area contributed by atoms with E-state index in [4.69, 9.17) is 10.3 Å². The fourth-order valence-electron chi connectivity index (χ4n) is 1.23. The fraction of sp³-hybridized carbons (Fsp3) is 0.700. The first kappa shape index (κ1) is 12.6. The third-order valence-electron chi connectivity index (χ3n) is 2.74. The normalized spacial score (nSPS) is 11.5. The molecule has 6 heteroatoms. The first-order chi connectivity index (χ1) is 7.50. The van der Waals surface area contributed by atoms with Crippen LogP contribution < -0.4 is 11.1 Å². The molecular formula is C10H18N4O2. The molecule has 0 spiro atoms. The van der Waals surface area contributed by atoms with Crippen LogP contribution in [0.5, 0.6) is 0 Å². The minimum Gasteiger partial charge on any atom is -0.347 e. The molecule has 1 aromatic rings. The topological polar surface area (TPSA) is 94.0 Å². The van der Waals surface area contributed by atoms with Gasteiger partial charge in [-0.15, -0.1) is 0 Å². The number of carbonyl (C=O) groups excluding carboxylic acids is 1. The van der Waals surface area contributed by atoms with Gasteiger partial charge in [-0.3, -0.25) is 4.79 Å². The molecule has 6 nitrogen and oxygen atoms in total. The lowest BCUT2D eigenvalue weighted by atomic mass is 9.94. The van der Waals surface area contributed by atoms with Crippen LogP contribution in [0, 0.1) is 6.92 Å². The summed E-state index contributed by atoms with van der Waals surface area (Å²) in [6.45, 7) is 6.03. The molecule has 0 atom stereocenters. The van der Waals surface area contributed by atoms with E-state index in [0.717, 1.165) is 12.8 Å². The van der Waals surface area contributed by atoms with Crippen LogP contribution in [-0.2, 0) is 0 Å². The number of hydrogen-bond donors (Lipinski definition) is 2. The van der Waals surface area contributed by atoms with E-state index < -0.39 is 0 Å². The fourth-order valence-corrected chi connectivity index (χ4v) is 1.23. The number of nitrogens with zero attached hydrogens (tertiary/aromatic N) is 2. The molecule has 0 saturated carbocycles. The van der Waals surface area contributed by atoms with E-state index in [0.29, 0.717) is 12.4 Å². The Balaban J connectivity index is 2.53. The van der Waals surface area contributed by atoms with E-state index in [1.165, 1.54) is 0 Å². The molecule has 1 heterocycles. The van der Waals surface area contributed by atoms with Gasteiger partial charge in [-0.25, -0.2) is 0 Å². The van der Waals surface area contributed by atoms with Crippen molar-refractivity contribution in [3.63, 3.8) is 0 Å². The molecule has 0 bridgehead atoms. The highest BCUT2D eigenvalue weighted by atomic mass is 16.5. The predicted octanol–water partition coefficient (Wildman–Crippen LogP) is 0.625. The monoisotopic (exact) mass is 226 g/mol. The average Bonchev–Trinajstić information content (AvgIpc) is 2.72. The summed E-state index contributed by atoms with van der Waals surface area (Å²) in [5, 5.41) is 6.23. The highest BCUT2D eigenvalue weighted by Gasteiger charge is 2.22. The number of hydrogen-bond acceptors (Lipinski definition) is 5. The summed E-state index contributed by atoms with van der Waals surface area (Å²) >= 11 is 0. The molecule has 0 saturated heterocycles. The second-order valence-electron chi connectivity index (χ2n) is 3.89. The first-order valence-electron chi connectivity index (χ1n) is 5.38. The van der Waals surface area contributed by atoms with Gasteiger partial charge in [-0.2, -0.15) is 4.98 Å². The summed E-state index contributed by atoms with van der Waals surface area (Å²) in [6, 6.07) is 0. The summed E-state index contributed by atoms with van der Waals surface area (Å²) in [5.41, 5.74) is 5.68. The van der Waals surface area contributed by atoms with E-state index in [2.05, 4.69) is 15.5 Å². The molecule has 0 fully saturated rings. The lowest BCUT2D eigenvalue weighted by Gasteiger charge is -2.26. The third-order valence-corrected chi connectivity index (χ3v) is 2.74. The SMILES string of the molecule is CCC(N)(CC)CNC(=O)c1noc(C)n1. The van der Waals surface area contributed by atoms with Gasteiger partial charge in [0.25, 0.3) is 11.7 Å². The van der Waals surface area contributed by atoms with Crippen LogP contribution in [0.25, 0.3) is 0 Å². The van der Waals surface area contributed by atoms with Crippen LogP contribution in [0.2, 0.25) is 0 Å². The van der Waals surface area contributed by atoms with E-state index >= 15 is 0 Å². The molecule has 0 aliphatic heterocycles. The first-order valence-corrected chi connectivity index (χ1v) is 5.38. The third kappa shape index (κ3) is 3.03. The number of aryl methyl sites for hydroxylation is 1. The number of aromatic nitrogens is 2. The largest absolute Gasteiger partial charge is 0.347 e. The van der Waals surface area contributed by atoms with Crippen molar-refractivity contribution in [2.75, 3.05) is 6.54 Å². The Morgan fingerprint density at radius 1 is 1.50 bits per heavy atom. The summed E-state index contributed by atoms with van der Waals surface area (Å²) in [4.78, 5) is 15.4. The number of amides is 1. The number of nitrogens with two attached hydrogens (primary N) is 1. The smallest absolute Gasteiger partial charge is 0.292 e.